The van der Waals surface area contributed by atoms with Gasteiger partial charge in [-0.25, -0.2) is 4.98 Å². The van der Waals surface area contributed by atoms with E-state index in [0.29, 0.717) is 18.9 Å². The maximum Gasteiger partial charge on any atom is 0.319 e. The molecule has 1 aliphatic carbocycles. The molecule has 0 aliphatic heterocycles. The first-order valence-electron chi connectivity index (χ1n) is 6.35. The van der Waals surface area contributed by atoms with Gasteiger partial charge in [-0.3, -0.25) is 4.57 Å². The normalized spacial score (nSPS) is 14.3. The number of alkyl halides is 2. The number of rotatable bonds is 5. The number of aromatic nitrogens is 2. The van der Waals surface area contributed by atoms with Crippen molar-refractivity contribution < 1.29 is 8.78 Å². The van der Waals surface area contributed by atoms with E-state index in [4.69, 9.17) is 0 Å². The number of hydrogen-bond acceptors (Lipinski definition) is 3. The second-order valence-electron chi connectivity index (χ2n) is 4.65. The van der Waals surface area contributed by atoms with Gasteiger partial charge in [0.15, 0.2) is 0 Å². The van der Waals surface area contributed by atoms with E-state index < -0.39 is 6.55 Å². The van der Waals surface area contributed by atoms with Crippen LogP contribution >= 0.6 is 11.3 Å². The Balaban J connectivity index is 1.56. The molecule has 6 heteroatoms. The molecule has 0 saturated carbocycles. The quantitative estimate of drug-likeness (QED) is 0.913. The molecule has 1 aliphatic rings. The highest BCUT2D eigenvalue weighted by Crippen LogP contribution is 2.30. The lowest BCUT2D eigenvalue weighted by Crippen LogP contribution is -2.16. The second-order valence-corrected chi connectivity index (χ2v) is 5.87. The Hall–Kier alpha value is -1.27. The van der Waals surface area contributed by atoms with E-state index in [-0.39, 0.29) is 0 Å². The molecule has 102 valence electrons. The predicted molar refractivity (Wildman–Crippen MR) is 70.4 cm³/mol. The van der Waals surface area contributed by atoms with Gasteiger partial charge in [0, 0.05) is 28.7 Å². The monoisotopic (exact) mass is 283 g/mol. The number of aryl methyl sites for hydroxylation is 2. The number of thiophene rings is 1. The fourth-order valence-electron chi connectivity index (χ4n) is 2.43. The largest absolute Gasteiger partial charge is 0.319 e. The summed E-state index contributed by atoms with van der Waals surface area (Å²) in [6, 6.07) is 2.24. The minimum Gasteiger partial charge on any atom is -0.305 e. The second kappa shape index (κ2) is 5.38. The molecule has 2 heterocycles. The van der Waals surface area contributed by atoms with Crippen LogP contribution in [0.15, 0.2) is 18.5 Å². The summed E-state index contributed by atoms with van der Waals surface area (Å²) in [6.07, 6.45) is 6.35. The van der Waals surface area contributed by atoms with Gasteiger partial charge in [0.25, 0.3) is 0 Å². The van der Waals surface area contributed by atoms with Crippen molar-refractivity contribution in [1.29, 1.82) is 0 Å². The van der Waals surface area contributed by atoms with Crippen LogP contribution in [0.2, 0.25) is 0 Å². The lowest BCUT2D eigenvalue weighted by Gasteiger charge is -2.07. The zero-order valence-electron chi connectivity index (χ0n) is 10.4. The molecular weight excluding hydrogens is 268 g/mol. The third kappa shape index (κ3) is 2.69. The van der Waals surface area contributed by atoms with Gasteiger partial charge < -0.3 is 5.32 Å². The molecule has 3 nitrogen and oxygen atoms in total. The molecule has 1 N–H and O–H groups in total. The Labute approximate surface area is 114 Å². The summed E-state index contributed by atoms with van der Waals surface area (Å²) in [5.41, 5.74) is 1.47. The average Bonchev–Trinajstić information content (AvgIpc) is 3.02. The first kappa shape index (κ1) is 12.7. The zero-order chi connectivity index (χ0) is 13.2. The third-order valence-corrected chi connectivity index (χ3v) is 4.58. The Bertz CT molecular complexity index is 540. The molecular formula is C13H15F2N3S. The molecule has 0 atom stereocenters. The van der Waals surface area contributed by atoms with Gasteiger partial charge in [-0.05, 0) is 30.9 Å². The fraction of sp³-hybridized carbons (Fsp3) is 0.462. The average molecular weight is 283 g/mol. The summed E-state index contributed by atoms with van der Waals surface area (Å²) in [4.78, 5) is 6.71. The van der Waals surface area contributed by atoms with Crippen LogP contribution in [0.4, 0.5) is 8.78 Å². The van der Waals surface area contributed by atoms with Crippen LogP contribution < -0.4 is 5.32 Å². The first-order valence-corrected chi connectivity index (χ1v) is 7.16. The van der Waals surface area contributed by atoms with Crippen molar-refractivity contribution in [2.75, 3.05) is 0 Å². The molecule has 0 saturated heterocycles. The Morgan fingerprint density at radius 2 is 2.26 bits per heavy atom. The van der Waals surface area contributed by atoms with Gasteiger partial charge in [-0.15, -0.1) is 11.3 Å². The van der Waals surface area contributed by atoms with E-state index >= 15 is 0 Å². The fourth-order valence-corrected chi connectivity index (χ4v) is 3.66. The van der Waals surface area contributed by atoms with Gasteiger partial charge in [-0.1, -0.05) is 0 Å². The minimum atomic E-state index is -2.52. The Morgan fingerprint density at radius 1 is 1.37 bits per heavy atom. The lowest BCUT2D eigenvalue weighted by molar-refractivity contribution is 0.0666. The molecule has 0 fully saturated rings. The van der Waals surface area contributed by atoms with Crippen LogP contribution in [-0.2, 0) is 25.9 Å². The molecule has 0 spiro atoms. The van der Waals surface area contributed by atoms with Crippen molar-refractivity contribution in [2.24, 2.45) is 0 Å². The van der Waals surface area contributed by atoms with E-state index in [1.54, 1.807) is 0 Å². The molecule has 3 rings (SSSR count). The van der Waals surface area contributed by atoms with Crippen LogP contribution in [0.5, 0.6) is 0 Å². The highest BCUT2D eigenvalue weighted by atomic mass is 32.1. The van der Waals surface area contributed by atoms with Crippen LogP contribution in [0, 0.1) is 0 Å². The molecule has 19 heavy (non-hydrogen) atoms. The van der Waals surface area contributed by atoms with Gasteiger partial charge in [0.1, 0.15) is 5.82 Å². The molecule has 0 radical (unpaired) electrons. The number of hydrogen-bond donors (Lipinski definition) is 1. The van der Waals surface area contributed by atoms with E-state index in [2.05, 4.69) is 16.4 Å². The van der Waals surface area contributed by atoms with E-state index in [1.807, 2.05) is 11.3 Å². The summed E-state index contributed by atoms with van der Waals surface area (Å²) in [5.74, 6) is 0.374. The summed E-state index contributed by atoms with van der Waals surface area (Å²) >= 11 is 1.83. The highest BCUT2D eigenvalue weighted by Gasteiger charge is 2.15. The Kier molecular flexibility index (Phi) is 3.61. The molecule has 0 bridgehead atoms. The Morgan fingerprint density at radius 3 is 3.05 bits per heavy atom. The summed E-state index contributed by atoms with van der Waals surface area (Å²) < 4.78 is 26.1. The van der Waals surface area contributed by atoms with Gasteiger partial charge >= 0.3 is 6.55 Å². The van der Waals surface area contributed by atoms with Gasteiger partial charge in [-0.2, -0.15) is 8.78 Å². The van der Waals surface area contributed by atoms with E-state index in [0.717, 1.165) is 4.57 Å². The van der Waals surface area contributed by atoms with Crippen LogP contribution in [0.3, 0.4) is 0 Å². The minimum absolute atomic E-state index is 0.361. The molecule has 0 amide bonds. The molecule has 0 aromatic carbocycles. The number of fused-ring (bicyclic) bond motifs is 1. The van der Waals surface area contributed by atoms with Crippen LogP contribution in [0.1, 0.15) is 34.1 Å². The van der Waals surface area contributed by atoms with E-state index in [9.17, 15) is 8.78 Å². The van der Waals surface area contributed by atoms with Gasteiger partial charge in [0.2, 0.25) is 0 Å². The summed E-state index contributed by atoms with van der Waals surface area (Å²) in [7, 11) is 0. The number of nitrogens with zero attached hydrogens (tertiary/aromatic N) is 2. The standard InChI is InChI=1S/C13H15F2N3S/c14-13(15)18-5-4-17-12(18)8-16-7-10-6-9-2-1-3-11(9)19-10/h4-6,13,16H,1-3,7-8H2. The topological polar surface area (TPSA) is 29.9 Å². The van der Waals surface area contributed by atoms with Crippen molar-refractivity contribution in [3.63, 3.8) is 0 Å². The van der Waals surface area contributed by atoms with Crippen molar-refractivity contribution in [2.45, 2.75) is 38.9 Å². The number of halogens is 2. The summed E-state index contributed by atoms with van der Waals surface area (Å²) in [6.45, 7) is -1.45. The van der Waals surface area contributed by atoms with Crippen molar-refractivity contribution in [1.82, 2.24) is 14.9 Å². The smallest absolute Gasteiger partial charge is 0.305 e. The van der Waals surface area contributed by atoms with Crippen molar-refractivity contribution >= 4 is 11.3 Å². The summed E-state index contributed by atoms with van der Waals surface area (Å²) in [5, 5.41) is 3.18. The number of nitrogens with one attached hydrogen (secondary N) is 1. The zero-order valence-corrected chi connectivity index (χ0v) is 11.2. The maximum atomic E-state index is 12.6. The first-order chi connectivity index (χ1) is 9.24. The van der Waals surface area contributed by atoms with Crippen molar-refractivity contribution in [3.05, 3.63) is 39.6 Å². The molecule has 0 unspecified atom stereocenters. The molecule has 2 aromatic heterocycles. The highest BCUT2D eigenvalue weighted by molar-refractivity contribution is 7.12. The van der Waals surface area contributed by atoms with Crippen molar-refractivity contribution in [3.8, 4) is 0 Å². The third-order valence-electron chi connectivity index (χ3n) is 3.34. The lowest BCUT2D eigenvalue weighted by atomic mass is 10.2. The van der Waals surface area contributed by atoms with Crippen LogP contribution in [-0.4, -0.2) is 9.55 Å². The maximum absolute atomic E-state index is 12.6. The number of imidazole rings is 1. The van der Waals surface area contributed by atoms with E-state index in [1.165, 1.54) is 47.0 Å². The predicted octanol–water partition coefficient (Wildman–Crippen LogP) is 3.12. The van der Waals surface area contributed by atoms with Crippen LogP contribution in [0.25, 0.3) is 0 Å². The molecule has 2 aromatic rings. The van der Waals surface area contributed by atoms with Gasteiger partial charge in [0.05, 0.1) is 6.54 Å². The SMILES string of the molecule is FC(F)n1ccnc1CNCc1cc2c(s1)CCC2.